The Hall–Kier alpha value is -0.960. The Morgan fingerprint density at radius 2 is 2.29 bits per heavy atom. The minimum atomic E-state index is 0.0728. The molecular weight excluding hydrogens is 194 g/mol. The third kappa shape index (κ3) is 1.52. The summed E-state index contributed by atoms with van der Waals surface area (Å²) in [6.07, 6.45) is 0.879. The second-order valence-corrected chi connectivity index (χ2v) is 4.67. The molecule has 0 spiro atoms. The first kappa shape index (κ1) is 9.59. The van der Waals surface area contributed by atoms with Gasteiger partial charge in [-0.2, -0.15) is 0 Å². The van der Waals surface area contributed by atoms with Crippen LogP contribution in [0.4, 0.5) is 5.69 Å². The monoisotopic (exact) mass is 207 g/mol. The number of anilines is 1. The van der Waals surface area contributed by atoms with Gasteiger partial charge in [0, 0.05) is 4.90 Å². The number of carbonyl (C=O) groups is 1. The van der Waals surface area contributed by atoms with Crippen LogP contribution in [0.25, 0.3) is 0 Å². The van der Waals surface area contributed by atoms with Gasteiger partial charge in [-0.1, -0.05) is 19.1 Å². The van der Waals surface area contributed by atoms with Gasteiger partial charge >= 0.3 is 0 Å². The van der Waals surface area contributed by atoms with E-state index in [1.165, 1.54) is 10.5 Å². The summed E-state index contributed by atoms with van der Waals surface area (Å²) in [5, 5.41) is 3.01. The predicted molar refractivity (Wildman–Crippen MR) is 59.7 cm³/mol. The fraction of sp³-hybridized carbons (Fsp3) is 0.364. The van der Waals surface area contributed by atoms with Crippen LogP contribution in [-0.4, -0.2) is 11.2 Å². The van der Waals surface area contributed by atoms with Crippen LogP contribution < -0.4 is 5.32 Å². The van der Waals surface area contributed by atoms with Crippen molar-refractivity contribution < 1.29 is 4.79 Å². The number of rotatable bonds is 1. The molecule has 1 aromatic rings. The van der Waals surface area contributed by atoms with Crippen molar-refractivity contribution in [3.05, 3.63) is 23.8 Å². The summed E-state index contributed by atoms with van der Waals surface area (Å²) in [5.74, 6) is 0.135. The van der Waals surface area contributed by atoms with Gasteiger partial charge in [0.25, 0.3) is 0 Å². The van der Waals surface area contributed by atoms with E-state index in [1.54, 1.807) is 11.8 Å². The van der Waals surface area contributed by atoms with E-state index in [0.29, 0.717) is 0 Å². The van der Waals surface area contributed by atoms with Gasteiger partial charge in [-0.3, -0.25) is 4.79 Å². The Bertz CT molecular complexity index is 376. The number of nitrogens with one attached hydrogen (secondary N) is 1. The minimum Gasteiger partial charge on any atom is -0.324 e. The van der Waals surface area contributed by atoms with Gasteiger partial charge in [-0.25, -0.2) is 0 Å². The molecule has 1 amide bonds. The molecule has 1 N–H and O–H groups in total. The van der Waals surface area contributed by atoms with Crippen molar-refractivity contribution in [3.63, 3.8) is 0 Å². The predicted octanol–water partition coefficient (Wildman–Crippen LogP) is 2.82. The Balaban J connectivity index is 2.40. The lowest BCUT2D eigenvalue weighted by molar-refractivity contribution is -0.115. The zero-order valence-electron chi connectivity index (χ0n) is 8.33. The van der Waals surface area contributed by atoms with Crippen molar-refractivity contribution in [1.82, 2.24) is 0 Å². The molecule has 0 saturated heterocycles. The van der Waals surface area contributed by atoms with Gasteiger partial charge < -0.3 is 5.32 Å². The van der Waals surface area contributed by atoms with Crippen LogP contribution in [-0.2, 0) is 4.79 Å². The van der Waals surface area contributed by atoms with E-state index in [4.69, 9.17) is 0 Å². The number of hydrogen-bond donors (Lipinski definition) is 1. The van der Waals surface area contributed by atoms with Crippen molar-refractivity contribution >= 4 is 23.4 Å². The number of amides is 1. The molecule has 14 heavy (non-hydrogen) atoms. The number of fused-ring (bicyclic) bond motifs is 1. The first-order chi connectivity index (χ1) is 6.72. The third-order valence-electron chi connectivity index (χ3n) is 2.39. The van der Waals surface area contributed by atoms with Crippen LogP contribution in [0, 0.1) is 6.92 Å². The van der Waals surface area contributed by atoms with E-state index >= 15 is 0 Å². The van der Waals surface area contributed by atoms with Crippen molar-refractivity contribution in [1.29, 1.82) is 0 Å². The topological polar surface area (TPSA) is 29.1 Å². The number of carbonyl (C=O) groups excluding carboxylic acids is 1. The van der Waals surface area contributed by atoms with E-state index in [0.717, 1.165) is 12.1 Å². The molecule has 1 heterocycles. The Labute approximate surface area is 88.1 Å². The Morgan fingerprint density at radius 3 is 3.00 bits per heavy atom. The van der Waals surface area contributed by atoms with Gasteiger partial charge in [0.2, 0.25) is 5.91 Å². The fourth-order valence-corrected chi connectivity index (χ4v) is 2.70. The van der Waals surface area contributed by atoms with Crippen LogP contribution in [0.2, 0.25) is 0 Å². The van der Waals surface area contributed by atoms with E-state index < -0.39 is 0 Å². The largest absolute Gasteiger partial charge is 0.324 e. The summed E-state index contributed by atoms with van der Waals surface area (Å²) in [4.78, 5) is 12.8. The van der Waals surface area contributed by atoms with E-state index in [-0.39, 0.29) is 11.2 Å². The fourth-order valence-electron chi connectivity index (χ4n) is 1.59. The van der Waals surface area contributed by atoms with Crippen LogP contribution in [0.3, 0.4) is 0 Å². The second-order valence-electron chi connectivity index (χ2n) is 3.46. The third-order valence-corrected chi connectivity index (χ3v) is 4.00. The zero-order valence-corrected chi connectivity index (χ0v) is 9.15. The highest BCUT2D eigenvalue weighted by molar-refractivity contribution is 8.01. The summed E-state index contributed by atoms with van der Waals surface area (Å²) in [6, 6.07) is 6.01. The van der Waals surface area contributed by atoms with Gasteiger partial charge in [0.05, 0.1) is 10.9 Å². The molecule has 1 aliphatic heterocycles. The summed E-state index contributed by atoms with van der Waals surface area (Å²) < 4.78 is 0. The number of benzene rings is 1. The van der Waals surface area contributed by atoms with Crippen molar-refractivity contribution in [2.45, 2.75) is 30.4 Å². The molecular formula is C11H13NOS. The van der Waals surface area contributed by atoms with Crippen LogP contribution in [0.5, 0.6) is 0 Å². The SMILES string of the molecule is CCC1Sc2c(C)cccc2NC1=O. The van der Waals surface area contributed by atoms with Gasteiger partial charge in [-0.15, -0.1) is 11.8 Å². The summed E-state index contributed by atoms with van der Waals surface area (Å²) in [5.41, 5.74) is 2.20. The molecule has 0 aliphatic carbocycles. The van der Waals surface area contributed by atoms with Gasteiger partial charge in [0.15, 0.2) is 0 Å². The van der Waals surface area contributed by atoms with Crippen LogP contribution in [0.1, 0.15) is 18.9 Å². The molecule has 0 fully saturated rings. The number of hydrogen-bond acceptors (Lipinski definition) is 2. The van der Waals surface area contributed by atoms with Crippen molar-refractivity contribution in [2.75, 3.05) is 5.32 Å². The van der Waals surface area contributed by atoms with E-state index in [9.17, 15) is 4.79 Å². The molecule has 0 bridgehead atoms. The molecule has 1 unspecified atom stereocenters. The first-order valence-electron chi connectivity index (χ1n) is 4.79. The standard InChI is InChI=1S/C11H13NOS/c1-3-9-11(13)12-8-6-4-5-7(2)10(8)14-9/h4-6,9H,3H2,1-2H3,(H,12,13). The van der Waals surface area contributed by atoms with Crippen LogP contribution >= 0.6 is 11.8 Å². The van der Waals surface area contributed by atoms with Gasteiger partial charge in [0.1, 0.15) is 0 Å². The number of aryl methyl sites for hydroxylation is 1. The molecule has 0 radical (unpaired) electrons. The minimum absolute atomic E-state index is 0.0728. The molecule has 1 atom stereocenters. The maximum atomic E-state index is 11.6. The molecule has 0 aromatic heterocycles. The Morgan fingerprint density at radius 1 is 1.50 bits per heavy atom. The second kappa shape index (κ2) is 3.65. The maximum Gasteiger partial charge on any atom is 0.237 e. The Kier molecular flexibility index (Phi) is 2.50. The molecule has 1 aliphatic rings. The first-order valence-corrected chi connectivity index (χ1v) is 5.67. The molecule has 74 valence electrons. The lowest BCUT2D eigenvalue weighted by Gasteiger charge is -2.24. The van der Waals surface area contributed by atoms with Crippen LogP contribution in [0.15, 0.2) is 23.1 Å². The normalized spacial score (nSPS) is 20.1. The highest BCUT2D eigenvalue weighted by atomic mass is 32.2. The lowest BCUT2D eigenvalue weighted by atomic mass is 10.2. The number of thioether (sulfide) groups is 1. The van der Waals surface area contributed by atoms with Crippen molar-refractivity contribution in [3.8, 4) is 0 Å². The molecule has 2 nitrogen and oxygen atoms in total. The summed E-state index contributed by atoms with van der Waals surface area (Å²) in [7, 11) is 0. The highest BCUT2D eigenvalue weighted by Gasteiger charge is 2.25. The summed E-state index contributed by atoms with van der Waals surface area (Å²) >= 11 is 1.68. The highest BCUT2D eigenvalue weighted by Crippen LogP contribution is 2.38. The quantitative estimate of drug-likeness (QED) is 0.767. The molecule has 1 aromatic carbocycles. The van der Waals surface area contributed by atoms with Crippen molar-refractivity contribution in [2.24, 2.45) is 0 Å². The average molecular weight is 207 g/mol. The smallest absolute Gasteiger partial charge is 0.237 e. The molecule has 3 heteroatoms. The lowest BCUT2D eigenvalue weighted by Crippen LogP contribution is -2.28. The van der Waals surface area contributed by atoms with E-state index in [1.807, 2.05) is 19.1 Å². The maximum absolute atomic E-state index is 11.6. The van der Waals surface area contributed by atoms with Gasteiger partial charge in [-0.05, 0) is 25.0 Å². The molecule has 2 rings (SSSR count). The zero-order chi connectivity index (χ0) is 10.1. The van der Waals surface area contributed by atoms with E-state index in [2.05, 4.69) is 18.3 Å². The summed E-state index contributed by atoms with van der Waals surface area (Å²) in [6.45, 7) is 4.12. The average Bonchev–Trinajstić information content (AvgIpc) is 2.17. The molecule has 0 saturated carbocycles.